The SMILES string of the molecule is OCCCSCC(F)F. The van der Waals surface area contributed by atoms with Crippen molar-refractivity contribution >= 4 is 11.8 Å². The van der Waals surface area contributed by atoms with E-state index in [0.29, 0.717) is 12.2 Å². The number of aliphatic hydroxyl groups is 1. The molecule has 0 spiro atoms. The Labute approximate surface area is 57.4 Å². The predicted molar refractivity (Wildman–Crippen MR) is 35.0 cm³/mol. The van der Waals surface area contributed by atoms with Crippen LogP contribution in [0.4, 0.5) is 8.78 Å². The number of hydrogen-bond acceptors (Lipinski definition) is 2. The predicted octanol–water partition coefficient (Wildman–Crippen LogP) is 1.37. The highest BCUT2D eigenvalue weighted by molar-refractivity contribution is 7.99. The van der Waals surface area contributed by atoms with Gasteiger partial charge in [0.05, 0.1) is 5.75 Å². The first-order valence-corrected chi connectivity index (χ1v) is 3.89. The van der Waals surface area contributed by atoms with E-state index in [1.165, 1.54) is 11.8 Å². The highest BCUT2D eigenvalue weighted by Crippen LogP contribution is 2.07. The Balaban J connectivity index is 2.75. The molecule has 0 aliphatic rings. The van der Waals surface area contributed by atoms with Crippen molar-refractivity contribution in [3.63, 3.8) is 0 Å². The van der Waals surface area contributed by atoms with Crippen molar-refractivity contribution in [1.82, 2.24) is 0 Å². The molecule has 0 saturated heterocycles. The van der Waals surface area contributed by atoms with Crippen LogP contribution in [0.1, 0.15) is 6.42 Å². The second-order valence-electron chi connectivity index (χ2n) is 1.54. The van der Waals surface area contributed by atoms with Crippen LogP contribution in [0.15, 0.2) is 0 Å². The van der Waals surface area contributed by atoms with Crippen molar-refractivity contribution in [3.8, 4) is 0 Å². The molecule has 0 aromatic carbocycles. The van der Waals surface area contributed by atoms with Gasteiger partial charge in [0, 0.05) is 6.61 Å². The quantitative estimate of drug-likeness (QED) is 0.606. The van der Waals surface area contributed by atoms with Crippen LogP contribution in [0.5, 0.6) is 0 Å². The van der Waals surface area contributed by atoms with Crippen molar-refractivity contribution in [3.05, 3.63) is 0 Å². The Morgan fingerprint density at radius 1 is 1.44 bits per heavy atom. The fraction of sp³-hybridized carbons (Fsp3) is 1.00. The second kappa shape index (κ2) is 6.29. The summed E-state index contributed by atoms with van der Waals surface area (Å²) in [6.07, 6.45) is -1.61. The number of halogens is 2. The normalized spacial score (nSPS) is 10.7. The number of rotatable bonds is 5. The maximum absolute atomic E-state index is 11.4. The number of aliphatic hydroxyl groups excluding tert-OH is 1. The van der Waals surface area contributed by atoms with Gasteiger partial charge in [-0.05, 0) is 12.2 Å². The zero-order chi connectivity index (χ0) is 7.11. The van der Waals surface area contributed by atoms with Crippen LogP contribution in [0, 0.1) is 0 Å². The fourth-order valence-corrected chi connectivity index (χ4v) is 1.02. The molecular weight excluding hydrogens is 146 g/mol. The van der Waals surface area contributed by atoms with E-state index >= 15 is 0 Å². The topological polar surface area (TPSA) is 20.2 Å². The van der Waals surface area contributed by atoms with E-state index in [0.717, 1.165) is 0 Å². The Hall–Kier alpha value is 0.170. The van der Waals surface area contributed by atoms with Crippen LogP contribution in [-0.4, -0.2) is 29.6 Å². The molecule has 0 radical (unpaired) electrons. The summed E-state index contributed by atoms with van der Waals surface area (Å²) >= 11 is 1.18. The average Bonchev–Trinajstić information content (AvgIpc) is 1.80. The molecule has 0 heterocycles. The smallest absolute Gasteiger partial charge is 0.247 e. The lowest BCUT2D eigenvalue weighted by atomic mass is 10.5. The first kappa shape index (κ1) is 9.17. The molecule has 0 amide bonds. The van der Waals surface area contributed by atoms with Crippen LogP contribution in [0.2, 0.25) is 0 Å². The van der Waals surface area contributed by atoms with Gasteiger partial charge in [0.15, 0.2) is 0 Å². The molecule has 0 aromatic rings. The summed E-state index contributed by atoms with van der Waals surface area (Å²) < 4.78 is 22.8. The van der Waals surface area contributed by atoms with Gasteiger partial charge in [0.25, 0.3) is 0 Å². The Morgan fingerprint density at radius 3 is 2.56 bits per heavy atom. The first-order valence-electron chi connectivity index (χ1n) is 2.74. The molecule has 0 aliphatic carbocycles. The Kier molecular flexibility index (Phi) is 6.41. The average molecular weight is 156 g/mol. The lowest BCUT2D eigenvalue weighted by Crippen LogP contribution is -1.95. The minimum absolute atomic E-state index is 0.0935. The van der Waals surface area contributed by atoms with Crippen molar-refractivity contribution in [1.29, 1.82) is 0 Å². The maximum atomic E-state index is 11.4. The summed E-state index contributed by atoms with van der Waals surface area (Å²) in [7, 11) is 0. The van der Waals surface area contributed by atoms with Crippen LogP contribution < -0.4 is 0 Å². The third-order valence-electron chi connectivity index (χ3n) is 0.691. The molecule has 4 heteroatoms. The van der Waals surface area contributed by atoms with Crippen LogP contribution >= 0.6 is 11.8 Å². The molecule has 56 valence electrons. The summed E-state index contributed by atoms with van der Waals surface area (Å²) in [5.41, 5.74) is 0. The third-order valence-corrected chi connectivity index (χ3v) is 1.76. The van der Waals surface area contributed by atoms with Gasteiger partial charge in [-0.15, -0.1) is 0 Å². The lowest BCUT2D eigenvalue weighted by Gasteiger charge is -1.96. The largest absolute Gasteiger partial charge is 0.396 e. The third kappa shape index (κ3) is 8.17. The first-order chi connectivity index (χ1) is 4.27. The van der Waals surface area contributed by atoms with E-state index in [1.807, 2.05) is 0 Å². The van der Waals surface area contributed by atoms with Gasteiger partial charge in [-0.25, -0.2) is 8.78 Å². The zero-order valence-corrected chi connectivity index (χ0v) is 5.83. The molecular formula is C5H10F2OS. The van der Waals surface area contributed by atoms with Crippen LogP contribution in [0.25, 0.3) is 0 Å². The molecule has 0 saturated carbocycles. The van der Waals surface area contributed by atoms with Gasteiger partial charge in [-0.2, -0.15) is 11.8 Å². The second-order valence-corrected chi connectivity index (χ2v) is 2.69. The van der Waals surface area contributed by atoms with Crippen molar-refractivity contribution in [2.75, 3.05) is 18.1 Å². The number of alkyl halides is 2. The molecule has 9 heavy (non-hydrogen) atoms. The molecule has 0 fully saturated rings. The minimum Gasteiger partial charge on any atom is -0.396 e. The molecule has 0 bridgehead atoms. The van der Waals surface area contributed by atoms with Gasteiger partial charge in [-0.3, -0.25) is 0 Å². The van der Waals surface area contributed by atoms with E-state index in [-0.39, 0.29) is 12.4 Å². The summed E-state index contributed by atoms with van der Waals surface area (Å²) in [6.45, 7) is 0.0935. The Bertz CT molecular complexity index is 60.9. The van der Waals surface area contributed by atoms with Crippen LogP contribution in [0.3, 0.4) is 0 Å². The minimum atomic E-state index is -2.21. The van der Waals surface area contributed by atoms with E-state index in [1.54, 1.807) is 0 Å². The lowest BCUT2D eigenvalue weighted by molar-refractivity contribution is 0.176. The Morgan fingerprint density at radius 2 is 2.11 bits per heavy atom. The van der Waals surface area contributed by atoms with Gasteiger partial charge >= 0.3 is 0 Å². The van der Waals surface area contributed by atoms with Gasteiger partial charge < -0.3 is 5.11 Å². The van der Waals surface area contributed by atoms with Gasteiger partial charge in [0.1, 0.15) is 0 Å². The molecule has 0 atom stereocenters. The highest BCUT2D eigenvalue weighted by Gasteiger charge is 2.00. The number of thioether (sulfide) groups is 1. The number of hydrogen-bond donors (Lipinski definition) is 1. The summed E-state index contributed by atoms with van der Waals surface area (Å²) in [4.78, 5) is 0. The van der Waals surface area contributed by atoms with Gasteiger partial charge in [-0.1, -0.05) is 0 Å². The van der Waals surface area contributed by atoms with Gasteiger partial charge in [0.2, 0.25) is 6.43 Å². The summed E-state index contributed by atoms with van der Waals surface area (Å²) in [6, 6.07) is 0. The van der Waals surface area contributed by atoms with E-state index in [4.69, 9.17) is 5.11 Å². The molecule has 0 aliphatic heterocycles. The van der Waals surface area contributed by atoms with E-state index < -0.39 is 6.43 Å². The van der Waals surface area contributed by atoms with E-state index in [9.17, 15) is 8.78 Å². The monoisotopic (exact) mass is 156 g/mol. The maximum Gasteiger partial charge on any atom is 0.247 e. The summed E-state index contributed by atoms with van der Waals surface area (Å²) in [5.74, 6) is 0.515. The molecule has 0 unspecified atom stereocenters. The molecule has 0 aromatic heterocycles. The molecule has 1 nitrogen and oxygen atoms in total. The zero-order valence-electron chi connectivity index (χ0n) is 5.02. The van der Waals surface area contributed by atoms with Crippen LogP contribution in [-0.2, 0) is 0 Å². The highest BCUT2D eigenvalue weighted by atomic mass is 32.2. The summed E-state index contributed by atoms with van der Waals surface area (Å²) in [5, 5.41) is 8.23. The van der Waals surface area contributed by atoms with Crippen molar-refractivity contribution in [2.24, 2.45) is 0 Å². The van der Waals surface area contributed by atoms with E-state index in [2.05, 4.69) is 0 Å². The van der Waals surface area contributed by atoms with Crippen molar-refractivity contribution < 1.29 is 13.9 Å². The van der Waals surface area contributed by atoms with Crippen molar-refractivity contribution in [2.45, 2.75) is 12.8 Å². The fourth-order valence-electron chi connectivity index (χ4n) is 0.339. The molecule has 0 rings (SSSR count). The molecule has 1 N–H and O–H groups in total. The standard InChI is InChI=1S/C5H10F2OS/c6-5(7)4-9-3-1-2-8/h5,8H,1-4H2.